The van der Waals surface area contributed by atoms with Crippen LogP contribution in [0.2, 0.25) is 0 Å². The van der Waals surface area contributed by atoms with E-state index in [0.29, 0.717) is 18.8 Å². The molecule has 3 aromatic rings. The second-order valence-corrected chi connectivity index (χ2v) is 10.4. The Hall–Kier alpha value is -3.24. The highest BCUT2D eigenvalue weighted by Gasteiger charge is 2.34. The van der Waals surface area contributed by atoms with Gasteiger partial charge in [0.05, 0.1) is 30.1 Å². The number of nitrogens with zero attached hydrogens (tertiary/aromatic N) is 3. The van der Waals surface area contributed by atoms with Crippen LogP contribution in [-0.2, 0) is 15.7 Å². The number of thioether (sulfide) groups is 1. The molecule has 206 valence electrons. The van der Waals surface area contributed by atoms with Gasteiger partial charge in [0.25, 0.3) is 0 Å². The zero-order valence-corrected chi connectivity index (χ0v) is 21.4. The maximum atomic E-state index is 14.6. The molecule has 1 N–H and O–H groups in total. The molecule has 0 bridgehead atoms. The molecule has 3 atom stereocenters. The zero-order valence-electron chi connectivity index (χ0n) is 20.6. The number of hydrogen-bond donors (Lipinski definition) is 1. The Morgan fingerprint density at radius 2 is 1.85 bits per heavy atom. The van der Waals surface area contributed by atoms with Crippen LogP contribution in [0.5, 0.6) is 0 Å². The van der Waals surface area contributed by atoms with Crippen molar-refractivity contribution < 1.29 is 36.5 Å². The van der Waals surface area contributed by atoms with Gasteiger partial charge in [-0.2, -0.15) is 18.3 Å². The lowest BCUT2D eigenvalue weighted by Gasteiger charge is -2.32. The predicted molar refractivity (Wildman–Crippen MR) is 135 cm³/mol. The van der Waals surface area contributed by atoms with E-state index in [9.17, 15) is 27.1 Å². The van der Waals surface area contributed by atoms with Crippen LogP contribution in [-0.4, -0.2) is 56.0 Å². The molecule has 1 aromatic heterocycles. The summed E-state index contributed by atoms with van der Waals surface area (Å²) < 4.78 is 78.7. The van der Waals surface area contributed by atoms with Crippen molar-refractivity contribution >= 4 is 11.8 Å². The Balaban J connectivity index is 1.30. The minimum Gasteiger partial charge on any atom is -0.389 e. The van der Waals surface area contributed by atoms with E-state index < -0.39 is 47.1 Å². The molecule has 2 aromatic carbocycles. The average Bonchev–Trinajstić information content (AvgIpc) is 3.43. The van der Waals surface area contributed by atoms with Crippen LogP contribution in [0.15, 0.2) is 67.3 Å². The highest BCUT2D eigenvalue weighted by molar-refractivity contribution is 8.00. The topological polar surface area (TPSA) is 69.4 Å². The SMILES string of the molecule is CC(SC1COC(C=CC#Cc2ccc(C(F)(F)F)cc2)OC1)C(O)C(c1ccc(F)cc1F)n1cncn1. The lowest BCUT2D eigenvalue weighted by Crippen LogP contribution is -2.38. The number of aliphatic hydroxyl groups excluding tert-OH is 1. The minimum absolute atomic E-state index is 0.0839. The second-order valence-electron chi connectivity index (χ2n) is 8.68. The molecular weight excluding hydrogens is 541 g/mol. The number of ether oxygens (including phenoxy) is 2. The first kappa shape index (κ1) is 28.8. The number of rotatable bonds is 7. The van der Waals surface area contributed by atoms with E-state index in [1.165, 1.54) is 53.4 Å². The lowest BCUT2D eigenvalue weighted by molar-refractivity contribution is -0.146. The molecule has 12 heteroatoms. The van der Waals surface area contributed by atoms with E-state index in [4.69, 9.17) is 9.47 Å². The fourth-order valence-corrected chi connectivity index (χ4v) is 5.14. The Morgan fingerprint density at radius 1 is 1.13 bits per heavy atom. The van der Waals surface area contributed by atoms with Crippen molar-refractivity contribution in [2.24, 2.45) is 0 Å². The van der Waals surface area contributed by atoms with Gasteiger partial charge in [0.2, 0.25) is 0 Å². The van der Waals surface area contributed by atoms with Crippen molar-refractivity contribution in [2.75, 3.05) is 13.2 Å². The average molecular weight is 566 g/mol. The molecule has 0 radical (unpaired) electrons. The number of benzene rings is 2. The Morgan fingerprint density at radius 3 is 2.46 bits per heavy atom. The third-order valence-electron chi connectivity index (χ3n) is 5.87. The molecule has 3 unspecified atom stereocenters. The van der Waals surface area contributed by atoms with Crippen molar-refractivity contribution in [3.05, 3.63) is 95.6 Å². The maximum absolute atomic E-state index is 14.6. The quantitative estimate of drug-likeness (QED) is 0.322. The Bertz CT molecular complexity index is 1320. The van der Waals surface area contributed by atoms with Crippen LogP contribution in [0.3, 0.4) is 0 Å². The monoisotopic (exact) mass is 565 g/mol. The van der Waals surface area contributed by atoms with Crippen LogP contribution in [0, 0.1) is 23.5 Å². The molecule has 4 rings (SSSR count). The first-order chi connectivity index (χ1) is 18.6. The normalized spacial score (nSPS) is 20.3. The van der Waals surface area contributed by atoms with Crippen LogP contribution < -0.4 is 0 Å². The van der Waals surface area contributed by atoms with E-state index in [-0.39, 0.29) is 10.8 Å². The summed E-state index contributed by atoms with van der Waals surface area (Å²) in [6.07, 6.45) is -0.430. The maximum Gasteiger partial charge on any atom is 0.416 e. The zero-order chi connectivity index (χ0) is 28.0. The van der Waals surface area contributed by atoms with Gasteiger partial charge < -0.3 is 14.6 Å². The van der Waals surface area contributed by atoms with Gasteiger partial charge >= 0.3 is 6.18 Å². The van der Waals surface area contributed by atoms with Gasteiger partial charge in [0.15, 0.2) is 6.29 Å². The Kier molecular flexibility index (Phi) is 9.40. The molecule has 2 heterocycles. The van der Waals surface area contributed by atoms with E-state index in [0.717, 1.165) is 24.3 Å². The number of halogens is 5. The third kappa shape index (κ3) is 7.67. The van der Waals surface area contributed by atoms with Gasteiger partial charge in [0.1, 0.15) is 30.3 Å². The molecule has 1 fully saturated rings. The smallest absolute Gasteiger partial charge is 0.389 e. The first-order valence-corrected chi connectivity index (χ1v) is 12.8. The van der Waals surface area contributed by atoms with Gasteiger partial charge in [-0.15, -0.1) is 11.8 Å². The summed E-state index contributed by atoms with van der Waals surface area (Å²) in [6.45, 7) is 2.40. The number of aromatic nitrogens is 3. The van der Waals surface area contributed by atoms with Gasteiger partial charge in [-0.3, -0.25) is 0 Å². The lowest BCUT2D eigenvalue weighted by atomic mass is 9.99. The molecule has 1 aliphatic heterocycles. The fraction of sp³-hybridized carbons (Fsp3) is 0.333. The molecule has 0 aliphatic carbocycles. The highest BCUT2D eigenvalue weighted by Crippen LogP contribution is 2.33. The summed E-state index contributed by atoms with van der Waals surface area (Å²) in [7, 11) is 0. The number of allylic oxidation sites excluding steroid dienone is 1. The predicted octanol–water partition coefficient (Wildman–Crippen LogP) is 5.00. The summed E-state index contributed by atoms with van der Waals surface area (Å²) in [5.74, 6) is 3.96. The Labute approximate surface area is 225 Å². The summed E-state index contributed by atoms with van der Waals surface area (Å²) in [6, 6.07) is 6.77. The first-order valence-electron chi connectivity index (χ1n) is 11.8. The minimum atomic E-state index is -4.40. The summed E-state index contributed by atoms with van der Waals surface area (Å²) in [4.78, 5) is 3.88. The molecule has 0 amide bonds. The number of alkyl halides is 3. The summed E-state index contributed by atoms with van der Waals surface area (Å²) in [5, 5.41) is 14.6. The molecular formula is C27H24F5N3O3S. The fourth-order valence-electron chi connectivity index (χ4n) is 3.91. The van der Waals surface area contributed by atoms with E-state index in [2.05, 4.69) is 21.9 Å². The molecule has 0 spiro atoms. The van der Waals surface area contributed by atoms with Crippen LogP contribution in [0.25, 0.3) is 0 Å². The van der Waals surface area contributed by atoms with Crippen LogP contribution in [0.1, 0.15) is 29.7 Å². The van der Waals surface area contributed by atoms with Gasteiger partial charge in [-0.1, -0.05) is 24.8 Å². The largest absolute Gasteiger partial charge is 0.416 e. The van der Waals surface area contributed by atoms with Crippen LogP contribution >= 0.6 is 11.8 Å². The van der Waals surface area contributed by atoms with Crippen molar-refractivity contribution in [3.63, 3.8) is 0 Å². The molecule has 1 aliphatic rings. The van der Waals surface area contributed by atoms with Crippen molar-refractivity contribution in [1.29, 1.82) is 0 Å². The van der Waals surface area contributed by atoms with Crippen LogP contribution in [0.4, 0.5) is 22.0 Å². The molecule has 39 heavy (non-hydrogen) atoms. The molecule has 0 saturated carbocycles. The number of aliphatic hydroxyl groups is 1. The van der Waals surface area contributed by atoms with E-state index in [1.54, 1.807) is 13.0 Å². The third-order valence-corrected chi connectivity index (χ3v) is 7.24. The molecule has 1 saturated heterocycles. The summed E-state index contributed by atoms with van der Waals surface area (Å²) >= 11 is 1.40. The van der Waals surface area contributed by atoms with Crippen molar-refractivity contribution in [2.45, 2.75) is 42.0 Å². The van der Waals surface area contributed by atoms with Gasteiger partial charge in [-0.25, -0.2) is 18.4 Å². The number of hydrogen-bond acceptors (Lipinski definition) is 6. The van der Waals surface area contributed by atoms with Crippen molar-refractivity contribution in [3.8, 4) is 11.8 Å². The molecule has 6 nitrogen and oxygen atoms in total. The second kappa shape index (κ2) is 12.7. The van der Waals surface area contributed by atoms with Crippen molar-refractivity contribution in [1.82, 2.24) is 14.8 Å². The summed E-state index contributed by atoms with van der Waals surface area (Å²) in [5.41, 5.74) is -0.217. The van der Waals surface area contributed by atoms with Gasteiger partial charge in [0, 0.05) is 22.4 Å². The van der Waals surface area contributed by atoms with E-state index in [1.807, 2.05) is 0 Å². The van der Waals surface area contributed by atoms with Gasteiger partial charge in [-0.05, 0) is 42.5 Å². The highest BCUT2D eigenvalue weighted by atomic mass is 32.2. The van der Waals surface area contributed by atoms with E-state index >= 15 is 0 Å². The standard InChI is InChI=1S/C27H24F5N3O3S/c1-17(26(36)25(35-16-33-15-34-35)22-11-10-20(28)12-23(22)29)39-21-13-37-24(38-14-21)5-3-2-4-18-6-8-19(9-7-18)27(30,31)32/h3,5-12,15-17,21,24-26,36H,13-14H2,1H3.